The summed E-state index contributed by atoms with van der Waals surface area (Å²) in [6, 6.07) is 11.7. The van der Waals surface area contributed by atoms with Crippen molar-refractivity contribution in [1.29, 1.82) is 0 Å². The van der Waals surface area contributed by atoms with Crippen molar-refractivity contribution in [2.75, 3.05) is 26.3 Å². The van der Waals surface area contributed by atoms with E-state index in [0.717, 1.165) is 28.2 Å². The number of aromatic nitrogens is 2. The van der Waals surface area contributed by atoms with Gasteiger partial charge in [0, 0.05) is 30.3 Å². The summed E-state index contributed by atoms with van der Waals surface area (Å²) in [5.41, 5.74) is 2.02. The number of nitrogens with one attached hydrogen (secondary N) is 2. The molecule has 2 N–H and O–H groups in total. The van der Waals surface area contributed by atoms with Gasteiger partial charge in [-0.1, -0.05) is 12.1 Å². The fraction of sp³-hybridized carbons (Fsp3) is 0.435. The van der Waals surface area contributed by atoms with E-state index in [0.29, 0.717) is 49.4 Å². The monoisotopic (exact) mass is 438 g/mol. The molecule has 0 bridgehead atoms. The van der Waals surface area contributed by atoms with E-state index >= 15 is 0 Å². The standard InChI is InChI=1S/C23H26N4O3S/c1-14(19-6-7-20(31-19)23(29)27-8-10-30-11-9-27)24-21(28)13-15-12-16(15)22-25-17-4-2-3-5-18(17)26-22/h2-7,14-16H,8-13H2,1H3,(H,24,28)(H,25,26)/t14-,15+,16+/m1/s1. The molecule has 7 nitrogen and oxygen atoms in total. The third kappa shape index (κ3) is 4.36. The van der Waals surface area contributed by atoms with Gasteiger partial charge in [0.15, 0.2) is 0 Å². The maximum atomic E-state index is 12.6. The Kier molecular flexibility index (Phi) is 5.50. The number of imidazole rings is 1. The van der Waals surface area contributed by atoms with Crippen LogP contribution in [0, 0.1) is 5.92 Å². The topological polar surface area (TPSA) is 87.3 Å². The SMILES string of the molecule is C[C@@H](NC(=O)C[C@@H]1C[C@@H]1c1nc2ccccc2[nH]1)c1ccc(C(=O)N2CCOCC2)s1. The Morgan fingerprint density at radius 2 is 2.06 bits per heavy atom. The zero-order chi connectivity index (χ0) is 21.4. The van der Waals surface area contributed by atoms with Crippen molar-refractivity contribution in [3.05, 3.63) is 52.0 Å². The number of fused-ring (bicyclic) bond motifs is 1. The first-order valence-corrected chi connectivity index (χ1v) is 11.6. The molecule has 1 saturated heterocycles. The number of rotatable bonds is 6. The number of H-pyrrole nitrogens is 1. The van der Waals surface area contributed by atoms with Crippen LogP contribution in [-0.4, -0.2) is 53.0 Å². The molecule has 1 aliphatic carbocycles. The first-order chi connectivity index (χ1) is 15.1. The number of hydrogen-bond donors (Lipinski definition) is 2. The lowest BCUT2D eigenvalue weighted by Gasteiger charge is -2.26. The van der Waals surface area contributed by atoms with Crippen molar-refractivity contribution in [3.63, 3.8) is 0 Å². The summed E-state index contributed by atoms with van der Waals surface area (Å²) in [6.45, 7) is 4.41. The van der Waals surface area contributed by atoms with Gasteiger partial charge < -0.3 is 19.9 Å². The molecule has 0 unspecified atom stereocenters. The minimum absolute atomic E-state index is 0.0460. The fourth-order valence-electron chi connectivity index (χ4n) is 4.19. The van der Waals surface area contributed by atoms with Gasteiger partial charge in [0.2, 0.25) is 5.91 Å². The zero-order valence-electron chi connectivity index (χ0n) is 17.5. The average molecular weight is 439 g/mol. The van der Waals surface area contributed by atoms with Crippen LogP contribution in [0.2, 0.25) is 0 Å². The van der Waals surface area contributed by atoms with E-state index < -0.39 is 0 Å². The first-order valence-electron chi connectivity index (χ1n) is 10.8. The number of amides is 2. The summed E-state index contributed by atoms with van der Waals surface area (Å²) in [5.74, 6) is 1.73. The lowest BCUT2D eigenvalue weighted by Crippen LogP contribution is -2.40. The van der Waals surface area contributed by atoms with Gasteiger partial charge in [-0.15, -0.1) is 11.3 Å². The summed E-state index contributed by atoms with van der Waals surface area (Å²) in [5, 5.41) is 3.09. The lowest BCUT2D eigenvalue weighted by atomic mass is 10.2. The Morgan fingerprint density at radius 3 is 2.87 bits per heavy atom. The maximum Gasteiger partial charge on any atom is 0.264 e. The summed E-state index contributed by atoms with van der Waals surface area (Å²) >= 11 is 1.46. The second-order valence-corrected chi connectivity index (χ2v) is 9.46. The average Bonchev–Trinajstić information content (AvgIpc) is 3.18. The molecule has 3 heterocycles. The molecule has 2 aliphatic rings. The van der Waals surface area contributed by atoms with Crippen molar-refractivity contribution >= 4 is 34.2 Å². The third-order valence-electron chi connectivity index (χ3n) is 6.07. The molecule has 31 heavy (non-hydrogen) atoms. The van der Waals surface area contributed by atoms with E-state index in [9.17, 15) is 9.59 Å². The maximum absolute atomic E-state index is 12.6. The van der Waals surface area contributed by atoms with Crippen LogP contribution in [0.5, 0.6) is 0 Å². The van der Waals surface area contributed by atoms with Gasteiger partial charge in [0.05, 0.1) is 35.2 Å². The molecule has 1 aliphatic heterocycles. The van der Waals surface area contributed by atoms with Gasteiger partial charge in [-0.25, -0.2) is 4.98 Å². The van der Waals surface area contributed by atoms with Crippen LogP contribution in [0.25, 0.3) is 11.0 Å². The normalized spacial score (nSPS) is 21.8. The van der Waals surface area contributed by atoms with Crippen molar-refractivity contribution in [2.45, 2.75) is 31.7 Å². The van der Waals surface area contributed by atoms with Crippen LogP contribution in [0.4, 0.5) is 0 Å². The quantitative estimate of drug-likeness (QED) is 0.617. The highest BCUT2D eigenvalue weighted by Crippen LogP contribution is 2.48. The number of nitrogens with zero attached hydrogens (tertiary/aromatic N) is 2. The van der Waals surface area contributed by atoms with Crippen LogP contribution in [-0.2, 0) is 9.53 Å². The number of morpholine rings is 1. The highest BCUT2D eigenvalue weighted by molar-refractivity contribution is 7.14. The Morgan fingerprint density at radius 1 is 1.26 bits per heavy atom. The number of carbonyl (C=O) groups excluding carboxylic acids is 2. The molecule has 0 spiro atoms. The van der Waals surface area contributed by atoms with Crippen molar-refractivity contribution < 1.29 is 14.3 Å². The number of aromatic amines is 1. The molecule has 162 valence electrons. The van der Waals surface area contributed by atoms with Gasteiger partial charge >= 0.3 is 0 Å². The number of hydrogen-bond acceptors (Lipinski definition) is 5. The molecule has 5 rings (SSSR count). The van der Waals surface area contributed by atoms with Gasteiger partial charge in [0.1, 0.15) is 5.82 Å². The van der Waals surface area contributed by atoms with E-state index in [2.05, 4.69) is 15.3 Å². The molecule has 2 aromatic heterocycles. The minimum Gasteiger partial charge on any atom is -0.378 e. The van der Waals surface area contributed by atoms with Crippen LogP contribution in [0.15, 0.2) is 36.4 Å². The Balaban J connectivity index is 1.14. The highest BCUT2D eigenvalue weighted by Gasteiger charge is 2.42. The molecular weight excluding hydrogens is 412 g/mol. The van der Waals surface area contributed by atoms with E-state index in [4.69, 9.17) is 4.74 Å². The summed E-state index contributed by atoms with van der Waals surface area (Å²) < 4.78 is 5.32. The van der Waals surface area contributed by atoms with Crippen LogP contribution in [0.1, 0.15) is 52.1 Å². The summed E-state index contributed by atoms with van der Waals surface area (Å²) in [6.07, 6.45) is 1.48. The number of carbonyl (C=O) groups is 2. The van der Waals surface area contributed by atoms with Crippen LogP contribution >= 0.6 is 11.3 Å². The van der Waals surface area contributed by atoms with E-state index in [-0.39, 0.29) is 17.9 Å². The molecule has 1 aromatic carbocycles. The van der Waals surface area contributed by atoms with Gasteiger partial charge in [-0.3, -0.25) is 9.59 Å². The van der Waals surface area contributed by atoms with Crippen molar-refractivity contribution in [2.24, 2.45) is 5.92 Å². The summed E-state index contributed by atoms with van der Waals surface area (Å²) in [4.78, 5) is 36.8. The van der Waals surface area contributed by atoms with E-state index in [1.807, 2.05) is 48.2 Å². The molecule has 1 saturated carbocycles. The van der Waals surface area contributed by atoms with Crippen molar-refractivity contribution in [3.8, 4) is 0 Å². The second kappa shape index (κ2) is 8.43. The van der Waals surface area contributed by atoms with Gasteiger partial charge in [-0.05, 0) is 43.5 Å². The predicted molar refractivity (Wildman–Crippen MR) is 119 cm³/mol. The Bertz CT molecular complexity index is 1070. The highest BCUT2D eigenvalue weighted by atomic mass is 32.1. The Hall–Kier alpha value is -2.71. The molecule has 2 amide bonds. The Labute approximate surface area is 184 Å². The number of para-hydroxylation sites is 2. The molecule has 2 fully saturated rings. The smallest absolute Gasteiger partial charge is 0.264 e. The molecule has 8 heteroatoms. The minimum atomic E-state index is -0.118. The fourth-order valence-corrected chi connectivity index (χ4v) is 5.17. The number of ether oxygens (including phenoxy) is 1. The number of thiophene rings is 1. The van der Waals surface area contributed by atoms with Crippen molar-refractivity contribution in [1.82, 2.24) is 20.2 Å². The first kappa shape index (κ1) is 20.2. The number of benzene rings is 1. The third-order valence-corrected chi connectivity index (χ3v) is 7.33. The van der Waals surface area contributed by atoms with Crippen LogP contribution < -0.4 is 5.32 Å². The summed E-state index contributed by atoms with van der Waals surface area (Å²) in [7, 11) is 0. The van der Waals surface area contributed by atoms with Crippen LogP contribution in [0.3, 0.4) is 0 Å². The molecular formula is C23H26N4O3S. The second-order valence-electron chi connectivity index (χ2n) is 8.34. The lowest BCUT2D eigenvalue weighted by molar-refractivity contribution is -0.122. The predicted octanol–water partition coefficient (Wildman–Crippen LogP) is 3.47. The zero-order valence-corrected chi connectivity index (χ0v) is 18.3. The molecule has 3 atom stereocenters. The van der Waals surface area contributed by atoms with E-state index in [1.165, 1.54) is 11.3 Å². The van der Waals surface area contributed by atoms with Gasteiger partial charge in [0.25, 0.3) is 5.91 Å². The molecule has 3 aromatic rings. The van der Waals surface area contributed by atoms with E-state index in [1.54, 1.807) is 0 Å². The molecule has 0 radical (unpaired) electrons. The van der Waals surface area contributed by atoms with Gasteiger partial charge in [-0.2, -0.15) is 0 Å². The largest absolute Gasteiger partial charge is 0.378 e.